The number of benzene rings is 2. The van der Waals surface area contributed by atoms with Crippen molar-refractivity contribution in [3.05, 3.63) is 69.4 Å². The minimum Gasteiger partial charge on any atom is -0.476 e. The summed E-state index contributed by atoms with van der Waals surface area (Å²) in [7, 11) is 0. The molecule has 0 unspecified atom stereocenters. The number of alkyl halides is 3. The molecule has 2 aromatic carbocycles. The van der Waals surface area contributed by atoms with Crippen molar-refractivity contribution in [2.24, 2.45) is 0 Å². The molecule has 0 radical (unpaired) electrons. The summed E-state index contributed by atoms with van der Waals surface area (Å²) in [4.78, 5) is 25.3. The lowest BCUT2D eigenvalue weighted by atomic mass is 10.0. The van der Waals surface area contributed by atoms with Gasteiger partial charge in [0.25, 0.3) is 0 Å². The van der Waals surface area contributed by atoms with Gasteiger partial charge in [-0.15, -0.1) is 13.2 Å². The number of esters is 1. The second kappa shape index (κ2) is 10.1. The van der Waals surface area contributed by atoms with E-state index in [-0.39, 0.29) is 13.2 Å². The van der Waals surface area contributed by atoms with E-state index in [1.807, 2.05) is 26.0 Å². The molecule has 36 heavy (non-hydrogen) atoms. The molecule has 0 spiro atoms. The second-order valence-corrected chi connectivity index (χ2v) is 8.76. The lowest BCUT2D eigenvalue weighted by Crippen LogP contribution is -2.40. The molecule has 1 aromatic heterocycles. The lowest BCUT2D eigenvalue weighted by molar-refractivity contribution is -0.274. The third-order valence-electron chi connectivity index (χ3n) is 5.35. The molecule has 8 nitrogen and oxygen atoms in total. The van der Waals surface area contributed by atoms with Gasteiger partial charge in [-0.1, -0.05) is 12.1 Å². The van der Waals surface area contributed by atoms with E-state index in [0.29, 0.717) is 17.3 Å². The largest absolute Gasteiger partial charge is 0.573 e. The van der Waals surface area contributed by atoms with Crippen LogP contribution in [0.5, 0.6) is 11.5 Å². The highest BCUT2D eigenvalue weighted by molar-refractivity contribution is 5.79. The first-order valence-corrected chi connectivity index (χ1v) is 11.2. The fourth-order valence-corrected chi connectivity index (χ4v) is 3.71. The number of hydrogen-bond acceptors (Lipinski definition) is 6. The van der Waals surface area contributed by atoms with E-state index < -0.39 is 29.4 Å². The van der Waals surface area contributed by atoms with Crippen molar-refractivity contribution in [1.29, 1.82) is 0 Å². The maximum absolute atomic E-state index is 13.0. The predicted octanol–water partition coefficient (Wildman–Crippen LogP) is 4.63. The predicted molar refractivity (Wildman–Crippen MR) is 126 cm³/mol. The molecule has 1 heterocycles. The highest BCUT2D eigenvalue weighted by Crippen LogP contribution is 2.29. The van der Waals surface area contributed by atoms with Gasteiger partial charge < -0.3 is 14.2 Å². The molecule has 0 fully saturated rings. The maximum Gasteiger partial charge on any atom is 0.573 e. The van der Waals surface area contributed by atoms with Gasteiger partial charge >= 0.3 is 18.0 Å². The number of aromatic nitrogens is 3. The molecule has 0 saturated carbocycles. The number of carbonyl (C=O) groups excluding carboxylic acids is 1. The summed E-state index contributed by atoms with van der Waals surface area (Å²) in [5.74, 6) is 0.114. The molecule has 0 aliphatic heterocycles. The van der Waals surface area contributed by atoms with Gasteiger partial charge in [-0.3, -0.25) is 4.57 Å². The van der Waals surface area contributed by atoms with E-state index in [1.54, 1.807) is 27.7 Å². The number of nitrogens with zero attached hydrogens (tertiary/aromatic N) is 3. The van der Waals surface area contributed by atoms with Crippen LogP contribution in [0.3, 0.4) is 0 Å². The van der Waals surface area contributed by atoms with Crippen LogP contribution in [0.2, 0.25) is 0 Å². The molecule has 0 saturated heterocycles. The Balaban J connectivity index is 1.85. The zero-order chi connectivity index (χ0) is 26.8. The van der Waals surface area contributed by atoms with E-state index >= 15 is 0 Å². The summed E-state index contributed by atoms with van der Waals surface area (Å²) in [5.41, 5.74) is 1.04. The quantitative estimate of drug-likeness (QED) is 0.414. The van der Waals surface area contributed by atoms with Gasteiger partial charge in [0.2, 0.25) is 0 Å². The van der Waals surface area contributed by atoms with Gasteiger partial charge in [0, 0.05) is 0 Å². The van der Waals surface area contributed by atoms with Gasteiger partial charge in [0.05, 0.1) is 18.8 Å². The molecule has 0 atom stereocenters. The van der Waals surface area contributed by atoms with Crippen LogP contribution in [0, 0.1) is 20.8 Å². The Morgan fingerprint density at radius 1 is 1.00 bits per heavy atom. The molecular weight excluding hydrogens is 479 g/mol. The number of halogens is 3. The molecule has 0 N–H and O–H groups in total. The van der Waals surface area contributed by atoms with E-state index in [9.17, 15) is 22.8 Å². The summed E-state index contributed by atoms with van der Waals surface area (Å²) in [6, 6.07) is 8.60. The van der Waals surface area contributed by atoms with Crippen LogP contribution in [0.4, 0.5) is 13.2 Å². The molecule has 11 heteroatoms. The molecule has 194 valence electrons. The number of rotatable bonds is 8. The third-order valence-corrected chi connectivity index (χ3v) is 5.35. The number of hydrogen-bond donors (Lipinski definition) is 0. The van der Waals surface area contributed by atoms with Crippen molar-refractivity contribution in [2.45, 2.75) is 60.1 Å². The first-order valence-electron chi connectivity index (χ1n) is 11.2. The van der Waals surface area contributed by atoms with Crippen LogP contribution in [-0.2, 0) is 16.1 Å². The highest BCUT2D eigenvalue weighted by atomic mass is 19.4. The summed E-state index contributed by atoms with van der Waals surface area (Å²) >= 11 is 0. The molecule has 0 aliphatic rings. The number of ether oxygens (including phenoxy) is 3. The second-order valence-electron chi connectivity index (χ2n) is 8.76. The normalized spacial score (nSPS) is 11.9. The molecule has 3 aromatic rings. The van der Waals surface area contributed by atoms with Gasteiger partial charge in [-0.25, -0.2) is 9.59 Å². The van der Waals surface area contributed by atoms with Crippen molar-refractivity contribution in [1.82, 2.24) is 14.3 Å². The Bertz CT molecular complexity index is 1280. The first kappa shape index (κ1) is 26.8. The average Bonchev–Trinajstić information content (AvgIpc) is 3.04. The Morgan fingerprint density at radius 2 is 1.58 bits per heavy atom. The maximum atomic E-state index is 13.0. The molecule has 0 aliphatic carbocycles. The fraction of sp³-hybridized carbons (Fsp3) is 0.400. The summed E-state index contributed by atoms with van der Waals surface area (Å²) in [6.07, 6.45) is -4.80. The zero-order valence-corrected chi connectivity index (χ0v) is 20.9. The van der Waals surface area contributed by atoms with E-state index in [4.69, 9.17) is 9.47 Å². The van der Waals surface area contributed by atoms with E-state index in [0.717, 1.165) is 33.5 Å². The molecule has 0 bridgehead atoms. The Kier molecular flexibility index (Phi) is 7.51. The van der Waals surface area contributed by atoms with Crippen LogP contribution in [-0.4, -0.2) is 38.9 Å². The molecule has 0 amide bonds. The minimum absolute atomic E-state index is 0.211. The van der Waals surface area contributed by atoms with Crippen molar-refractivity contribution >= 4 is 5.97 Å². The number of carbonyl (C=O) groups is 1. The zero-order valence-electron chi connectivity index (χ0n) is 20.9. The Labute approximate surface area is 206 Å². The lowest BCUT2D eigenvalue weighted by Gasteiger charge is -2.26. The summed E-state index contributed by atoms with van der Waals surface area (Å²) < 4.78 is 54.7. The van der Waals surface area contributed by atoms with Crippen LogP contribution >= 0.6 is 0 Å². The van der Waals surface area contributed by atoms with Crippen LogP contribution in [0.25, 0.3) is 5.69 Å². The van der Waals surface area contributed by atoms with Crippen molar-refractivity contribution < 1.29 is 32.2 Å². The summed E-state index contributed by atoms with van der Waals surface area (Å²) in [5, 5.41) is 4.26. The van der Waals surface area contributed by atoms with Gasteiger partial charge in [-0.2, -0.15) is 9.78 Å². The Hall–Kier alpha value is -3.76. The summed E-state index contributed by atoms with van der Waals surface area (Å²) in [6.45, 7) is 10.8. The fourth-order valence-electron chi connectivity index (χ4n) is 3.71. The van der Waals surface area contributed by atoms with Gasteiger partial charge in [0.15, 0.2) is 5.60 Å². The van der Waals surface area contributed by atoms with Gasteiger partial charge in [0.1, 0.15) is 17.3 Å². The average molecular weight is 508 g/mol. The minimum atomic E-state index is -4.80. The number of aryl methyl sites for hydroxylation is 3. The van der Waals surface area contributed by atoms with Crippen molar-refractivity contribution in [3.63, 3.8) is 0 Å². The molecular formula is C25H28F3N3O5. The van der Waals surface area contributed by atoms with Crippen LogP contribution in [0.15, 0.2) is 41.2 Å². The third kappa shape index (κ3) is 6.07. The van der Waals surface area contributed by atoms with E-state index in [2.05, 4.69) is 9.84 Å². The van der Waals surface area contributed by atoms with E-state index in [1.165, 1.54) is 16.7 Å². The van der Waals surface area contributed by atoms with Crippen molar-refractivity contribution in [2.75, 3.05) is 6.61 Å². The topological polar surface area (TPSA) is 84.6 Å². The SMILES string of the molecule is CCOC(=O)C(C)(C)Oc1c(C)cc(Cn2c(C)nn(-c3ccc(OC(F)(F)F)cc3)c2=O)cc1C. The Morgan fingerprint density at radius 3 is 2.11 bits per heavy atom. The van der Waals surface area contributed by atoms with Crippen LogP contribution < -0.4 is 15.2 Å². The van der Waals surface area contributed by atoms with Crippen molar-refractivity contribution in [3.8, 4) is 17.2 Å². The van der Waals surface area contributed by atoms with Crippen LogP contribution in [0.1, 0.15) is 43.3 Å². The molecule has 3 rings (SSSR count). The standard InChI is InChI=1S/C25H28F3N3O5/c1-7-34-22(32)24(5,6)36-21-15(2)12-18(13-16(21)3)14-30-17(4)29-31(23(30)33)19-8-10-20(11-9-19)35-25(26,27)28/h8-13H,7,14H2,1-6H3. The first-order chi connectivity index (χ1) is 16.7. The highest BCUT2D eigenvalue weighted by Gasteiger charge is 2.33. The monoisotopic (exact) mass is 507 g/mol. The van der Waals surface area contributed by atoms with Gasteiger partial charge in [-0.05, 0) is 82.5 Å². The smallest absolute Gasteiger partial charge is 0.476 e.